The molecule has 2 amide bonds. The molecular formula is C19H28N2O3S. The minimum Gasteiger partial charge on any atom is -0.348 e. The van der Waals surface area contributed by atoms with Crippen molar-refractivity contribution < 1.29 is 14.4 Å². The van der Waals surface area contributed by atoms with E-state index in [0.29, 0.717) is 12.3 Å². The second-order valence-electron chi connectivity index (χ2n) is 6.09. The van der Waals surface area contributed by atoms with Crippen LogP contribution in [0.5, 0.6) is 0 Å². The average Bonchev–Trinajstić information content (AvgIpc) is 2.58. The summed E-state index contributed by atoms with van der Waals surface area (Å²) in [5.41, 5.74) is 1.84. The molecule has 1 rings (SSSR count). The Balaban J connectivity index is 2.29. The molecule has 1 aromatic carbocycles. The fraction of sp³-hybridized carbons (Fsp3) is 0.526. The molecule has 0 saturated carbocycles. The molecule has 0 aliphatic carbocycles. The monoisotopic (exact) mass is 364 g/mol. The molecule has 0 saturated heterocycles. The van der Waals surface area contributed by atoms with Crippen LogP contribution in [-0.2, 0) is 20.8 Å². The van der Waals surface area contributed by atoms with E-state index in [0.717, 1.165) is 42.3 Å². The quantitative estimate of drug-likeness (QED) is 0.667. The zero-order valence-corrected chi connectivity index (χ0v) is 16.1. The summed E-state index contributed by atoms with van der Waals surface area (Å²) in [5.74, 6) is 0.0226. The second kappa shape index (κ2) is 11.7. The van der Waals surface area contributed by atoms with Crippen LogP contribution >= 0.6 is 11.8 Å². The second-order valence-corrected chi connectivity index (χ2v) is 7.13. The summed E-state index contributed by atoms with van der Waals surface area (Å²) in [6.07, 6.45) is 3.29. The van der Waals surface area contributed by atoms with Crippen molar-refractivity contribution in [2.24, 2.45) is 5.92 Å². The Labute approximate surface area is 154 Å². The van der Waals surface area contributed by atoms with Gasteiger partial charge in [-0.15, -0.1) is 0 Å². The number of aryl methyl sites for hydroxylation is 1. The summed E-state index contributed by atoms with van der Waals surface area (Å²) in [4.78, 5) is 35.5. The standard InChI is InChI=1S/C19H28N2O3S/c1-4-8-14(3)11-17(22)20-12-19(24)25-13-18(23)21-16-10-7-6-9-15(16)5-2/h6-7,9-10,14H,4-5,8,11-13H2,1-3H3,(H,20,22)(H,21,23)/t14-/m0/s1. The number of carbonyl (C=O) groups is 3. The van der Waals surface area contributed by atoms with Crippen molar-refractivity contribution in [1.29, 1.82) is 0 Å². The van der Waals surface area contributed by atoms with Gasteiger partial charge in [0.2, 0.25) is 16.9 Å². The third-order valence-electron chi connectivity index (χ3n) is 3.78. The number of para-hydroxylation sites is 1. The van der Waals surface area contributed by atoms with Crippen LogP contribution in [0.4, 0.5) is 5.69 Å². The Hall–Kier alpha value is -1.82. The van der Waals surface area contributed by atoms with Crippen molar-refractivity contribution in [3.05, 3.63) is 29.8 Å². The zero-order chi connectivity index (χ0) is 18.7. The van der Waals surface area contributed by atoms with E-state index in [4.69, 9.17) is 0 Å². The molecular weight excluding hydrogens is 336 g/mol. The number of hydrogen-bond acceptors (Lipinski definition) is 4. The first-order valence-corrected chi connectivity index (χ1v) is 9.74. The van der Waals surface area contributed by atoms with Crippen molar-refractivity contribution in [2.45, 2.75) is 46.5 Å². The van der Waals surface area contributed by atoms with E-state index in [-0.39, 0.29) is 29.2 Å². The molecule has 0 aromatic heterocycles. The molecule has 25 heavy (non-hydrogen) atoms. The normalized spacial score (nSPS) is 11.6. The summed E-state index contributed by atoms with van der Waals surface area (Å²) in [6, 6.07) is 7.60. The Morgan fingerprint density at radius 3 is 2.52 bits per heavy atom. The third kappa shape index (κ3) is 8.72. The Morgan fingerprint density at radius 2 is 1.84 bits per heavy atom. The lowest BCUT2D eigenvalue weighted by Crippen LogP contribution is -2.30. The van der Waals surface area contributed by atoms with Gasteiger partial charge in [0, 0.05) is 12.1 Å². The van der Waals surface area contributed by atoms with Crippen LogP contribution in [0.1, 0.15) is 45.6 Å². The van der Waals surface area contributed by atoms with Crippen molar-refractivity contribution in [3.63, 3.8) is 0 Å². The molecule has 0 bridgehead atoms. The number of hydrogen-bond donors (Lipinski definition) is 2. The van der Waals surface area contributed by atoms with E-state index in [1.54, 1.807) is 0 Å². The third-order valence-corrected chi connectivity index (χ3v) is 4.65. The van der Waals surface area contributed by atoms with Gasteiger partial charge >= 0.3 is 0 Å². The average molecular weight is 365 g/mol. The molecule has 1 atom stereocenters. The van der Waals surface area contributed by atoms with Crippen LogP contribution in [0.3, 0.4) is 0 Å². The summed E-state index contributed by atoms with van der Waals surface area (Å²) in [7, 11) is 0. The van der Waals surface area contributed by atoms with Gasteiger partial charge in [-0.2, -0.15) is 0 Å². The van der Waals surface area contributed by atoms with Gasteiger partial charge in [0.25, 0.3) is 0 Å². The number of nitrogens with one attached hydrogen (secondary N) is 2. The zero-order valence-electron chi connectivity index (χ0n) is 15.3. The maximum atomic E-state index is 12.0. The minimum atomic E-state index is -0.220. The summed E-state index contributed by atoms with van der Waals surface area (Å²) in [5, 5.41) is 5.23. The fourth-order valence-corrected chi connectivity index (χ4v) is 3.03. The maximum absolute atomic E-state index is 12.0. The molecule has 0 aliphatic rings. The summed E-state index contributed by atoms with van der Waals surface area (Å²) < 4.78 is 0. The number of thioether (sulfide) groups is 1. The SMILES string of the molecule is CCC[C@H](C)CC(=O)NCC(=O)SCC(=O)Nc1ccccc1CC. The molecule has 138 valence electrons. The highest BCUT2D eigenvalue weighted by molar-refractivity contribution is 8.14. The lowest BCUT2D eigenvalue weighted by molar-refractivity contribution is -0.123. The highest BCUT2D eigenvalue weighted by atomic mass is 32.2. The van der Waals surface area contributed by atoms with Crippen LogP contribution < -0.4 is 10.6 Å². The van der Waals surface area contributed by atoms with E-state index in [9.17, 15) is 14.4 Å². The predicted octanol–water partition coefficient (Wildman–Crippen LogP) is 3.39. The van der Waals surface area contributed by atoms with E-state index in [1.807, 2.05) is 38.1 Å². The van der Waals surface area contributed by atoms with Gasteiger partial charge in [0.15, 0.2) is 0 Å². The molecule has 1 aromatic rings. The molecule has 5 nitrogen and oxygen atoms in total. The first-order valence-electron chi connectivity index (χ1n) is 8.76. The highest BCUT2D eigenvalue weighted by Crippen LogP contribution is 2.16. The number of benzene rings is 1. The maximum Gasteiger partial charge on any atom is 0.234 e. The highest BCUT2D eigenvalue weighted by Gasteiger charge is 2.12. The summed E-state index contributed by atoms with van der Waals surface area (Å²) in [6.45, 7) is 6.09. The largest absolute Gasteiger partial charge is 0.348 e. The first kappa shape index (κ1) is 21.2. The van der Waals surface area contributed by atoms with Crippen molar-refractivity contribution in [3.8, 4) is 0 Å². The molecule has 0 heterocycles. The Kier molecular flexibility index (Phi) is 9.92. The van der Waals surface area contributed by atoms with E-state index in [2.05, 4.69) is 17.6 Å². The number of anilines is 1. The van der Waals surface area contributed by atoms with Crippen LogP contribution in [0.25, 0.3) is 0 Å². The number of rotatable bonds is 10. The van der Waals surface area contributed by atoms with E-state index >= 15 is 0 Å². The van der Waals surface area contributed by atoms with Crippen LogP contribution in [0.15, 0.2) is 24.3 Å². The van der Waals surface area contributed by atoms with Crippen LogP contribution in [0.2, 0.25) is 0 Å². The molecule has 6 heteroatoms. The molecule has 0 radical (unpaired) electrons. The fourth-order valence-electron chi connectivity index (χ4n) is 2.49. The molecule has 2 N–H and O–H groups in total. The molecule has 0 fully saturated rings. The van der Waals surface area contributed by atoms with Crippen LogP contribution in [-0.4, -0.2) is 29.2 Å². The van der Waals surface area contributed by atoms with Gasteiger partial charge < -0.3 is 10.6 Å². The van der Waals surface area contributed by atoms with E-state index in [1.165, 1.54) is 0 Å². The van der Waals surface area contributed by atoms with Crippen LogP contribution in [0, 0.1) is 5.92 Å². The first-order chi connectivity index (χ1) is 12.0. The van der Waals surface area contributed by atoms with Gasteiger partial charge in [-0.3, -0.25) is 14.4 Å². The molecule has 0 unspecified atom stereocenters. The molecule has 0 spiro atoms. The minimum absolute atomic E-state index is 0.0405. The lowest BCUT2D eigenvalue weighted by Gasteiger charge is -2.10. The predicted molar refractivity (Wildman–Crippen MR) is 104 cm³/mol. The lowest BCUT2D eigenvalue weighted by atomic mass is 10.0. The van der Waals surface area contributed by atoms with E-state index < -0.39 is 0 Å². The Morgan fingerprint density at radius 1 is 1.12 bits per heavy atom. The smallest absolute Gasteiger partial charge is 0.234 e. The number of carbonyl (C=O) groups excluding carboxylic acids is 3. The summed E-state index contributed by atoms with van der Waals surface area (Å²) >= 11 is 0.923. The molecule has 0 aliphatic heterocycles. The topological polar surface area (TPSA) is 75.3 Å². The Bertz CT molecular complexity index is 590. The van der Waals surface area contributed by atoms with Crippen molar-refractivity contribution >= 4 is 34.4 Å². The van der Waals surface area contributed by atoms with Gasteiger partial charge in [-0.05, 0) is 24.0 Å². The van der Waals surface area contributed by atoms with Crippen molar-refractivity contribution in [2.75, 3.05) is 17.6 Å². The van der Waals surface area contributed by atoms with Gasteiger partial charge in [0.05, 0.1) is 12.3 Å². The van der Waals surface area contributed by atoms with Gasteiger partial charge in [0.1, 0.15) is 0 Å². The van der Waals surface area contributed by atoms with Crippen molar-refractivity contribution in [1.82, 2.24) is 5.32 Å². The van der Waals surface area contributed by atoms with Gasteiger partial charge in [-0.25, -0.2) is 0 Å². The van der Waals surface area contributed by atoms with Gasteiger partial charge in [-0.1, -0.05) is 63.6 Å². The number of amides is 2.